The number of rotatable bonds is 2. The van der Waals surface area contributed by atoms with Gasteiger partial charge in [0.15, 0.2) is 0 Å². The molecule has 2 fully saturated rings. The monoisotopic (exact) mass is 369 g/mol. The Hall–Kier alpha value is -0.690. The van der Waals surface area contributed by atoms with Crippen LogP contribution in [0.5, 0.6) is 0 Å². The summed E-state index contributed by atoms with van der Waals surface area (Å²) >= 11 is 9.76. The predicted octanol–water partition coefficient (Wildman–Crippen LogP) is 2.46. The molecule has 0 amide bonds. The van der Waals surface area contributed by atoms with Gasteiger partial charge in [0.05, 0.1) is 5.39 Å². The van der Waals surface area contributed by atoms with E-state index in [1.54, 1.807) is 6.33 Å². The van der Waals surface area contributed by atoms with Crippen molar-refractivity contribution in [2.75, 3.05) is 26.2 Å². The van der Waals surface area contributed by atoms with Crippen LogP contribution in [0, 0.1) is 0 Å². The average Bonchev–Trinajstić information content (AvgIpc) is 2.77. The Labute approximate surface area is 136 Å². The lowest BCUT2D eigenvalue weighted by Crippen LogP contribution is -2.53. The summed E-state index contributed by atoms with van der Waals surface area (Å²) in [7, 11) is 0. The molecule has 1 saturated carbocycles. The normalized spacial score (nSPS) is 27.0. The minimum Gasteiger partial charge on any atom is -0.328 e. The van der Waals surface area contributed by atoms with E-state index in [2.05, 4.69) is 46.9 Å². The molecule has 3 heterocycles. The molecule has 0 bridgehead atoms. The number of nitrogens with zero attached hydrogens (tertiary/aromatic N) is 4. The molecular formula is C14H17BrClN5. The summed E-state index contributed by atoms with van der Waals surface area (Å²) in [6.07, 6.45) is 6.03. The van der Waals surface area contributed by atoms with Crippen molar-refractivity contribution in [3.63, 3.8) is 0 Å². The van der Waals surface area contributed by atoms with Crippen LogP contribution < -0.4 is 5.32 Å². The molecule has 2 aromatic heterocycles. The standard InChI is InChI=1S/C14H17BrClN5/c15-11-7-21(14-12(11)13(16)18-8-19-14)10-5-9(6-10)20-3-1-17-2-4-20/h7-10,17H,1-6H2. The van der Waals surface area contributed by atoms with E-state index in [-0.39, 0.29) is 0 Å². The van der Waals surface area contributed by atoms with Crippen LogP contribution in [-0.2, 0) is 0 Å². The molecule has 0 aromatic carbocycles. The van der Waals surface area contributed by atoms with Crippen LogP contribution in [-0.4, -0.2) is 51.7 Å². The quantitative estimate of drug-likeness (QED) is 0.825. The second-order valence-corrected chi connectivity index (χ2v) is 7.02. The first-order valence-electron chi connectivity index (χ1n) is 7.35. The Morgan fingerprint density at radius 1 is 1.19 bits per heavy atom. The van der Waals surface area contributed by atoms with Gasteiger partial charge in [-0.3, -0.25) is 4.90 Å². The molecule has 7 heteroatoms. The van der Waals surface area contributed by atoms with Crippen molar-refractivity contribution in [2.24, 2.45) is 0 Å². The topological polar surface area (TPSA) is 46.0 Å². The highest BCUT2D eigenvalue weighted by atomic mass is 79.9. The van der Waals surface area contributed by atoms with Crippen molar-refractivity contribution in [3.05, 3.63) is 22.1 Å². The maximum atomic E-state index is 6.18. The Morgan fingerprint density at radius 3 is 2.71 bits per heavy atom. The van der Waals surface area contributed by atoms with E-state index < -0.39 is 0 Å². The van der Waals surface area contributed by atoms with Gasteiger partial charge in [0.2, 0.25) is 0 Å². The average molecular weight is 371 g/mol. The Balaban J connectivity index is 1.55. The fourth-order valence-corrected chi connectivity index (χ4v) is 4.34. The molecule has 0 spiro atoms. The summed E-state index contributed by atoms with van der Waals surface area (Å²) in [4.78, 5) is 11.1. The van der Waals surface area contributed by atoms with Gasteiger partial charge in [-0.2, -0.15) is 0 Å². The van der Waals surface area contributed by atoms with Crippen LogP contribution in [0.3, 0.4) is 0 Å². The lowest BCUT2D eigenvalue weighted by Gasteiger charge is -2.45. The first-order valence-corrected chi connectivity index (χ1v) is 8.52. The molecule has 0 unspecified atom stereocenters. The molecule has 1 saturated heterocycles. The molecule has 2 aliphatic rings. The second kappa shape index (κ2) is 5.50. The second-order valence-electron chi connectivity index (χ2n) is 5.81. The van der Waals surface area contributed by atoms with Gasteiger partial charge in [-0.05, 0) is 28.8 Å². The van der Waals surface area contributed by atoms with Gasteiger partial charge in [-0.1, -0.05) is 11.6 Å². The van der Waals surface area contributed by atoms with Crippen LogP contribution >= 0.6 is 27.5 Å². The Kier molecular flexibility index (Phi) is 3.65. The zero-order valence-electron chi connectivity index (χ0n) is 11.6. The fraction of sp³-hybridized carbons (Fsp3) is 0.571. The summed E-state index contributed by atoms with van der Waals surface area (Å²) in [5, 5.41) is 4.85. The van der Waals surface area contributed by atoms with Gasteiger partial charge in [0.1, 0.15) is 17.1 Å². The van der Waals surface area contributed by atoms with Crippen molar-refractivity contribution < 1.29 is 0 Å². The Morgan fingerprint density at radius 2 is 1.95 bits per heavy atom. The van der Waals surface area contributed by atoms with Crippen molar-refractivity contribution >= 4 is 38.6 Å². The molecule has 0 radical (unpaired) electrons. The smallest absolute Gasteiger partial charge is 0.146 e. The van der Waals surface area contributed by atoms with Gasteiger partial charge in [-0.15, -0.1) is 0 Å². The SMILES string of the molecule is Clc1ncnc2c1c(Br)cn2C1CC(N2CCNCC2)C1. The highest BCUT2D eigenvalue weighted by Crippen LogP contribution is 2.40. The molecule has 2 aromatic rings. The third-order valence-electron chi connectivity index (χ3n) is 4.67. The number of fused-ring (bicyclic) bond motifs is 1. The molecule has 112 valence electrons. The first-order chi connectivity index (χ1) is 10.2. The highest BCUT2D eigenvalue weighted by molar-refractivity contribution is 9.10. The summed E-state index contributed by atoms with van der Waals surface area (Å²) < 4.78 is 3.24. The van der Waals surface area contributed by atoms with Crippen molar-refractivity contribution in [2.45, 2.75) is 24.9 Å². The summed E-state index contributed by atoms with van der Waals surface area (Å²) in [6, 6.07) is 1.23. The molecule has 4 rings (SSSR count). The number of aromatic nitrogens is 3. The molecule has 21 heavy (non-hydrogen) atoms. The van der Waals surface area contributed by atoms with Gasteiger partial charge < -0.3 is 9.88 Å². The van der Waals surface area contributed by atoms with Crippen molar-refractivity contribution in [1.82, 2.24) is 24.8 Å². The van der Waals surface area contributed by atoms with Crippen LogP contribution in [0.4, 0.5) is 0 Å². The highest BCUT2D eigenvalue weighted by Gasteiger charge is 2.36. The van der Waals surface area contributed by atoms with Gasteiger partial charge >= 0.3 is 0 Å². The van der Waals surface area contributed by atoms with Crippen LogP contribution in [0.1, 0.15) is 18.9 Å². The number of nitrogens with one attached hydrogen (secondary N) is 1. The van der Waals surface area contributed by atoms with Gasteiger partial charge in [0.25, 0.3) is 0 Å². The number of piperazine rings is 1. The largest absolute Gasteiger partial charge is 0.328 e. The number of hydrogen-bond donors (Lipinski definition) is 1. The summed E-state index contributed by atoms with van der Waals surface area (Å²) in [5.41, 5.74) is 0.936. The zero-order valence-corrected chi connectivity index (χ0v) is 13.9. The van der Waals surface area contributed by atoms with E-state index in [1.165, 1.54) is 25.9 Å². The minimum atomic E-state index is 0.517. The van der Waals surface area contributed by atoms with E-state index in [1.807, 2.05) is 0 Å². The van der Waals surface area contributed by atoms with Crippen LogP contribution in [0.2, 0.25) is 5.15 Å². The number of halogens is 2. The van der Waals surface area contributed by atoms with E-state index in [0.29, 0.717) is 17.2 Å². The van der Waals surface area contributed by atoms with Crippen molar-refractivity contribution in [1.29, 1.82) is 0 Å². The van der Waals surface area contributed by atoms with Gasteiger partial charge in [-0.25, -0.2) is 9.97 Å². The zero-order chi connectivity index (χ0) is 14.4. The molecule has 1 aliphatic heterocycles. The van der Waals surface area contributed by atoms with Crippen LogP contribution in [0.15, 0.2) is 17.0 Å². The third kappa shape index (κ3) is 2.38. The molecule has 0 atom stereocenters. The van der Waals surface area contributed by atoms with Crippen LogP contribution in [0.25, 0.3) is 11.0 Å². The minimum absolute atomic E-state index is 0.517. The van der Waals surface area contributed by atoms with Crippen molar-refractivity contribution in [3.8, 4) is 0 Å². The lowest BCUT2D eigenvalue weighted by atomic mass is 9.85. The molecule has 5 nitrogen and oxygen atoms in total. The van der Waals surface area contributed by atoms with E-state index in [4.69, 9.17) is 11.6 Å². The summed E-state index contributed by atoms with van der Waals surface area (Å²) in [5.74, 6) is 0. The maximum absolute atomic E-state index is 6.18. The third-order valence-corrected chi connectivity index (χ3v) is 5.55. The summed E-state index contributed by atoms with van der Waals surface area (Å²) in [6.45, 7) is 4.56. The molecular weight excluding hydrogens is 354 g/mol. The lowest BCUT2D eigenvalue weighted by molar-refractivity contribution is 0.0737. The van der Waals surface area contributed by atoms with E-state index in [9.17, 15) is 0 Å². The van der Waals surface area contributed by atoms with E-state index in [0.717, 1.165) is 28.6 Å². The first kappa shape index (κ1) is 13.9. The molecule has 1 aliphatic carbocycles. The fourth-order valence-electron chi connectivity index (χ4n) is 3.41. The predicted molar refractivity (Wildman–Crippen MR) is 86.7 cm³/mol. The number of hydrogen-bond acceptors (Lipinski definition) is 4. The van der Waals surface area contributed by atoms with E-state index >= 15 is 0 Å². The van der Waals surface area contributed by atoms with Gasteiger partial charge in [0, 0.05) is 48.9 Å². The maximum Gasteiger partial charge on any atom is 0.146 e. The molecule has 1 N–H and O–H groups in total. The Bertz CT molecular complexity index is 661.